The second-order valence-electron chi connectivity index (χ2n) is 5.10. The van der Waals surface area contributed by atoms with Crippen molar-refractivity contribution in [1.82, 2.24) is 15.2 Å². The van der Waals surface area contributed by atoms with Crippen molar-refractivity contribution in [2.24, 2.45) is 0 Å². The molecule has 1 aromatic heterocycles. The lowest BCUT2D eigenvalue weighted by Crippen LogP contribution is -2.49. The molecule has 0 bridgehead atoms. The van der Waals surface area contributed by atoms with Crippen LogP contribution in [0.2, 0.25) is 0 Å². The molecule has 1 aliphatic heterocycles. The molecule has 8 heteroatoms. The van der Waals surface area contributed by atoms with Gasteiger partial charge in [-0.2, -0.15) is 0 Å². The van der Waals surface area contributed by atoms with Crippen molar-refractivity contribution in [2.75, 3.05) is 25.0 Å². The first-order valence-corrected chi connectivity index (χ1v) is 7.54. The highest BCUT2D eigenvalue weighted by atomic mass is 16.6. The van der Waals surface area contributed by atoms with E-state index in [4.69, 9.17) is 4.74 Å². The summed E-state index contributed by atoms with van der Waals surface area (Å²) in [4.78, 5) is 40.8. The first-order valence-electron chi connectivity index (χ1n) is 7.54. The molecular weight excluding hydrogens is 300 g/mol. The lowest BCUT2D eigenvalue weighted by Gasteiger charge is -2.31. The summed E-state index contributed by atoms with van der Waals surface area (Å²) in [6.45, 7) is 3.07. The Hall–Kier alpha value is -2.64. The number of pyridine rings is 1. The van der Waals surface area contributed by atoms with E-state index in [9.17, 15) is 14.4 Å². The van der Waals surface area contributed by atoms with Crippen LogP contribution in [-0.4, -0.2) is 53.5 Å². The minimum absolute atomic E-state index is 0.136. The van der Waals surface area contributed by atoms with E-state index < -0.39 is 11.8 Å². The second-order valence-corrected chi connectivity index (χ2v) is 5.10. The molecule has 8 nitrogen and oxygen atoms in total. The van der Waals surface area contributed by atoms with E-state index in [1.165, 1.54) is 6.20 Å². The zero-order valence-electron chi connectivity index (χ0n) is 12.9. The minimum atomic E-state index is -0.753. The van der Waals surface area contributed by atoms with Gasteiger partial charge in [-0.1, -0.05) is 6.07 Å². The average molecular weight is 320 g/mol. The lowest BCUT2D eigenvalue weighted by molar-refractivity contribution is -0.136. The molecule has 124 valence electrons. The summed E-state index contributed by atoms with van der Waals surface area (Å²) in [5.41, 5.74) is 0. The van der Waals surface area contributed by atoms with Gasteiger partial charge in [-0.25, -0.2) is 9.78 Å². The number of likely N-dealkylation sites (tertiary alicyclic amines) is 1. The van der Waals surface area contributed by atoms with Crippen molar-refractivity contribution >= 4 is 23.7 Å². The van der Waals surface area contributed by atoms with Gasteiger partial charge >= 0.3 is 17.9 Å². The molecule has 1 aliphatic rings. The van der Waals surface area contributed by atoms with E-state index in [1.807, 2.05) is 0 Å². The van der Waals surface area contributed by atoms with Crippen molar-refractivity contribution in [3.63, 3.8) is 0 Å². The fraction of sp³-hybridized carbons (Fsp3) is 0.467. The van der Waals surface area contributed by atoms with Crippen LogP contribution in [0, 0.1) is 0 Å². The zero-order valence-corrected chi connectivity index (χ0v) is 12.9. The molecule has 0 radical (unpaired) electrons. The number of aromatic nitrogens is 1. The number of hydrogen-bond donors (Lipinski definition) is 2. The van der Waals surface area contributed by atoms with Gasteiger partial charge in [0.05, 0.1) is 6.61 Å². The number of anilines is 1. The molecule has 0 saturated carbocycles. The summed E-state index contributed by atoms with van der Waals surface area (Å²) in [6.07, 6.45) is 2.35. The number of carbonyl (C=O) groups is 3. The topological polar surface area (TPSA) is 101 Å². The van der Waals surface area contributed by atoms with Crippen molar-refractivity contribution in [3.8, 4) is 0 Å². The number of carbonyl (C=O) groups excluding carboxylic acids is 3. The van der Waals surface area contributed by atoms with Crippen LogP contribution >= 0.6 is 0 Å². The van der Waals surface area contributed by atoms with Gasteiger partial charge in [-0.15, -0.1) is 0 Å². The van der Waals surface area contributed by atoms with Gasteiger partial charge < -0.3 is 20.3 Å². The van der Waals surface area contributed by atoms with Crippen LogP contribution in [-0.2, 0) is 14.3 Å². The highest BCUT2D eigenvalue weighted by Gasteiger charge is 2.26. The zero-order chi connectivity index (χ0) is 16.7. The van der Waals surface area contributed by atoms with Crippen LogP contribution in [0.25, 0.3) is 0 Å². The normalized spacial score (nSPS) is 14.9. The van der Waals surface area contributed by atoms with Crippen molar-refractivity contribution < 1.29 is 19.1 Å². The maximum Gasteiger partial charge on any atom is 0.409 e. The van der Waals surface area contributed by atoms with Gasteiger partial charge in [0.1, 0.15) is 5.82 Å². The Balaban J connectivity index is 1.76. The van der Waals surface area contributed by atoms with Crippen LogP contribution in [0.1, 0.15) is 19.8 Å². The Kier molecular flexibility index (Phi) is 5.90. The van der Waals surface area contributed by atoms with Gasteiger partial charge in [0.15, 0.2) is 0 Å². The average Bonchev–Trinajstić information content (AvgIpc) is 2.56. The molecule has 0 atom stereocenters. The lowest BCUT2D eigenvalue weighted by atomic mass is 10.1. The summed E-state index contributed by atoms with van der Waals surface area (Å²) >= 11 is 0. The standard InChI is InChI=1S/C15H20N4O4/c1-2-23-15(22)19-9-6-11(7-10-19)17-13(20)14(21)18-12-5-3-4-8-16-12/h3-5,8,11H,2,6-7,9-10H2,1H3,(H,17,20)(H,16,18,21). The minimum Gasteiger partial charge on any atom is -0.450 e. The van der Waals surface area contributed by atoms with Gasteiger partial charge in [0.2, 0.25) is 0 Å². The number of nitrogens with one attached hydrogen (secondary N) is 2. The smallest absolute Gasteiger partial charge is 0.409 e. The van der Waals surface area contributed by atoms with Gasteiger partial charge in [-0.3, -0.25) is 9.59 Å². The van der Waals surface area contributed by atoms with E-state index in [0.29, 0.717) is 38.4 Å². The van der Waals surface area contributed by atoms with E-state index in [1.54, 1.807) is 30.0 Å². The summed E-state index contributed by atoms with van der Waals surface area (Å²) in [5.74, 6) is -1.13. The van der Waals surface area contributed by atoms with E-state index in [-0.39, 0.29) is 12.1 Å². The van der Waals surface area contributed by atoms with Gasteiger partial charge in [-0.05, 0) is 31.9 Å². The maximum absolute atomic E-state index is 11.9. The van der Waals surface area contributed by atoms with Gasteiger partial charge in [0, 0.05) is 25.3 Å². The van der Waals surface area contributed by atoms with Gasteiger partial charge in [0.25, 0.3) is 0 Å². The second kappa shape index (κ2) is 8.11. The van der Waals surface area contributed by atoms with Crippen LogP contribution < -0.4 is 10.6 Å². The number of ether oxygens (including phenoxy) is 1. The van der Waals surface area contributed by atoms with Crippen LogP contribution in [0.3, 0.4) is 0 Å². The van der Waals surface area contributed by atoms with Crippen molar-refractivity contribution in [2.45, 2.75) is 25.8 Å². The van der Waals surface area contributed by atoms with E-state index >= 15 is 0 Å². The molecule has 3 amide bonds. The Bertz CT molecular complexity index is 556. The first-order chi connectivity index (χ1) is 11.1. The molecular formula is C15H20N4O4. The molecule has 0 aromatic carbocycles. The molecule has 1 aromatic rings. The third kappa shape index (κ3) is 4.94. The molecule has 1 saturated heterocycles. The van der Waals surface area contributed by atoms with Crippen LogP contribution in [0.4, 0.5) is 10.6 Å². The molecule has 2 rings (SSSR count). The molecule has 2 heterocycles. The fourth-order valence-electron chi connectivity index (χ4n) is 2.28. The fourth-order valence-corrected chi connectivity index (χ4v) is 2.28. The number of nitrogens with zero attached hydrogens (tertiary/aromatic N) is 2. The van der Waals surface area contributed by atoms with Crippen LogP contribution in [0.5, 0.6) is 0 Å². The van der Waals surface area contributed by atoms with Crippen molar-refractivity contribution in [1.29, 1.82) is 0 Å². The third-order valence-corrected chi connectivity index (χ3v) is 3.47. The summed E-state index contributed by atoms with van der Waals surface area (Å²) < 4.78 is 4.93. The molecule has 0 unspecified atom stereocenters. The number of hydrogen-bond acceptors (Lipinski definition) is 5. The van der Waals surface area contributed by atoms with Crippen LogP contribution in [0.15, 0.2) is 24.4 Å². The highest BCUT2D eigenvalue weighted by molar-refractivity contribution is 6.39. The Morgan fingerprint density at radius 2 is 2.00 bits per heavy atom. The van der Waals surface area contributed by atoms with E-state index in [0.717, 1.165) is 0 Å². The van der Waals surface area contributed by atoms with Crippen molar-refractivity contribution in [3.05, 3.63) is 24.4 Å². The number of rotatable bonds is 3. The Labute approximate surface area is 134 Å². The molecule has 2 N–H and O–H groups in total. The predicted molar refractivity (Wildman–Crippen MR) is 82.6 cm³/mol. The summed E-state index contributed by atoms with van der Waals surface area (Å²) in [6, 6.07) is 4.89. The molecule has 0 aliphatic carbocycles. The third-order valence-electron chi connectivity index (χ3n) is 3.47. The number of amides is 3. The number of piperidine rings is 1. The van der Waals surface area contributed by atoms with E-state index in [2.05, 4.69) is 15.6 Å². The summed E-state index contributed by atoms with van der Waals surface area (Å²) in [7, 11) is 0. The Morgan fingerprint density at radius 3 is 2.61 bits per heavy atom. The first kappa shape index (κ1) is 16.7. The largest absolute Gasteiger partial charge is 0.450 e. The maximum atomic E-state index is 11.9. The molecule has 0 spiro atoms. The monoisotopic (exact) mass is 320 g/mol. The predicted octanol–water partition coefficient (Wildman–Crippen LogP) is 0.757. The summed E-state index contributed by atoms with van der Waals surface area (Å²) in [5, 5.41) is 5.10. The molecule has 23 heavy (non-hydrogen) atoms. The Morgan fingerprint density at radius 1 is 1.26 bits per heavy atom. The highest BCUT2D eigenvalue weighted by Crippen LogP contribution is 2.11. The quantitative estimate of drug-likeness (QED) is 0.801. The molecule has 1 fully saturated rings. The SMILES string of the molecule is CCOC(=O)N1CCC(NC(=O)C(=O)Nc2ccccn2)CC1.